The fourth-order valence-corrected chi connectivity index (χ4v) is 7.33. The third-order valence-corrected chi connectivity index (χ3v) is 9.23. The number of pyridine rings is 1. The SMILES string of the molecule is COc1ccc(CN2CC[C@@H]3CN(c4ncnc5sc(CC(F)(F)F)cc45)C[C@]3(SC)C2)cn1. The lowest BCUT2D eigenvalue weighted by molar-refractivity contribution is -0.126. The maximum Gasteiger partial charge on any atom is 0.393 e. The van der Waals surface area contributed by atoms with Crippen molar-refractivity contribution in [1.29, 1.82) is 0 Å². The Kier molecular flexibility index (Phi) is 6.36. The van der Waals surface area contributed by atoms with Crippen LogP contribution in [0, 0.1) is 5.92 Å². The number of alkyl halides is 3. The summed E-state index contributed by atoms with van der Waals surface area (Å²) in [5, 5.41) is 0.725. The van der Waals surface area contributed by atoms with E-state index < -0.39 is 12.6 Å². The molecule has 2 atom stereocenters. The monoisotopic (exact) mass is 509 g/mol. The van der Waals surface area contributed by atoms with Crippen LogP contribution < -0.4 is 9.64 Å². The molecule has 5 rings (SSSR count). The molecule has 182 valence electrons. The first-order valence-corrected chi connectivity index (χ1v) is 13.1. The van der Waals surface area contributed by atoms with Crippen LogP contribution in [0.4, 0.5) is 19.0 Å². The minimum atomic E-state index is -4.23. The number of aromatic nitrogens is 3. The summed E-state index contributed by atoms with van der Waals surface area (Å²) >= 11 is 3.00. The van der Waals surface area contributed by atoms with E-state index in [4.69, 9.17) is 4.74 Å². The molecule has 5 heterocycles. The average Bonchev–Trinajstić information content (AvgIpc) is 3.39. The van der Waals surface area contributed by atoms with Gasteiger partial charge >= 0.3 is 6.18 Å². The molecule has 3 aromatic rings. The average molecular weight is 510 g/mol. The lowest BCUT2D eigenvalue weighted by atomic mass is 9.87. The van der Waals surface area contributed by atoms with Crippen LogP contribution in [0.15, 0.2) is 30.7 Å². The number of hydrogen-bond donors (Lipinski definition) is 0. The number of nitrogens with zero attached hydrogens (tertiary/aromatic N) is 5. The molecule has 2 aliphatic rings. The van der Waals surface area contributed by atoms with Gasteiger partial charge in [0.1, 0.15) is 17.0 Å². The van der Waals surface area contributed by atoms with Crippen molar-refractivity contribution in [3.05, 3.63) is 41.2 Å². The predicted molar refractivity (Wildman–Crippen MR) is 130 cm³/mol. The van der Waals surface area contributed by atoms with Gasteiger partial charge in [-0.1, -0.05) is 6.07 Å². The van der Waals surface area contributed by atoms with Crippen molar-refractivity contribution in [3.8, 4) is 5.88 Å². The summed E-state index contributed by atoms with van der Waals surface area (Å²) in [6.07, 6.45) is 1.41. The molecule has 0 aromatic carbocycles. The molecule has 0 N–H and O–H groups in total. The molecule has 0 bridgehead atoms. The first kappa shape index (κ1) is 23.6. The van der Waals surface area contributed by atoms with E-state index in [1.54, 1.807) is 13.2 Å². The Hall–Kier alpha value is -2.11. The normalized spacial score (nSPS) is 23.4. The maximum atomic E-state index is 12.9. The Morgan fingerprint density at radius 3 is 2.79 bits per heavy atom. The number of thiophene rings is 1. The molecule has 11 heteroatoms. The second-order valence-electron chi connectivity index (χ2n) is 8.98. The second-order valence-corrected chi connectivity index (χ2v) is 11.3. The van der Waals surface area contributed by atoms with Crippen molar-refractivity contribution in [2.24, 2.45) is 5.92 Å². The summed E-state index contributed by atoms with van der Waals surface area (Å²) in [6.45, 7) is 4.44. The molecule has 0 aliphatic carbocycles. The number of methoxy groups -OCH3 is 1. The largest absolute Gasteiger partial charge is 0.481 e. The van der Waals surface area contributed by atoms with Gasteiger partial charge in [0.25, 0.3) is 0 Å². The molecule has 2 fully saturated rings. The zero-order valence-corrected chi connectivity index (χ0v) is 20.6. The topological polar surface area (TPSA) is 54.4 Å². The van der Waals surface area contributed by atoms with Crippen molar-refractivity contribution in [3.63, 3.8) is 0 Å². The van der Waals surface area contributed by atoms with E-state index in [1.807, 2.05) is 24.0 Å². The van der Waals surface area contributed by atoms with Crippen LogP contribution in [-0.4, -0.2) is 70.3 Å². The van der Waals surface area contributed by atoms with Crippen LogP contribution in [0.25, 0.3) is 10.2 Å². The number of halogens is 3. The highest BCUT2D eigenvalue weighted by Gasteiger charge is 2.50. The quantitative estimate of drug-likeness (QED) is 0.480. The smallest absolute Gasteiger partial charge is 0.393 e. The molecule has 0 amide bonds. The van der Waals surface area contributed by atoms with Gasteiger partial charge in [0, 0.05) is 43.3 Å². The Labute approximate surface area is 204 Å². The van der Waals surface area contributed by atoms with Gasteiger partial charge in [-0.15, -0.1) is 11.3 Å². The van der Waals surface area contributed by atoms with Crippen LogP contribution in [0.1, 0.15) is 16.9 Å². The Balaban J connectivity index is 1.35. The number of rotatable bonds is 6. The first-order chi connectivity index (χ1) is 16.3. The fraction of sp³-hybridized carbons (Fsp3) is 0.522. The van der Waals surface area contributed by atoms with Gasteiger partial charge in [-0.25, -0.2) is 15.0 Å². The van der Waals surface area contributed by atoms with E-state index in [0.29, 0.717) is 16.6 Å². The van der Waals surface area contributed by atoms with Gasteiger partial charge in [-0.2, -0.15) is 24.9 Å². The zero-order chi connectivity index (χ0) is 23.9. The van der Waals surface area contributed by atoms with Crippen molar-refractivity contribution in [1.82, 2.24) is 19.9 Å². The minimum absolute atomic E-state index is 0.0419. The number of anilines is 1. The van der Waals surface area contributed by atoms with E-state index in [-0.39, 0.29) is 9.62 Å². The third kappa shape index (κ3) is 4.70. The standard InChI is InChI=1S/C23H26F3N5OS2/c1-32-19-4-3-15(9-27-19)10-30-6-5-16-11-31(13-22(16,12-30)33-2)20-18-7-17(8-23(24,25)26)34-21(18)29-14-28-20/h3-4,7,9,14,16H,5-6,8,10-13H2,1-2H3/t16-,22-/m1/s1. The number of likely N-dealkylation sites (tertiary alicyclic amines) is 1. The third-order valence-electron chi connectivity index (χ3n) is 6.78. The summed E-state index contributed by atoms with van der Waals surface area (Å²) in [6, 6.07) is 5.56. The number of piperidine rings is 1. The Morgan fingerprint density at radius 2 is 2.09 bits per heavy atom. The van der Waals surface area contributed by atoms with Gasteiger partial charge in [-0.05, 0) is 36.8 Å². The molecule has 2 saturated heterocycles. The summed E-state index contributed by atoms with van der Waals surface area (Å²) in [5.74, 6) is 1.85. The van der Waals surface area contributed by atoms with Crippen LogP contribution in [-0.2, 0) is 13.0 Å². The zero-order valence-electron chi connectivity index (χ0n) is 19.0. The molecule has 0 unspecified atom stereocenters. The Morgan fingerprint density at radius 1 is 1.24 bits per heavy atom. The van der Waals surface area contributed by atoms with Crippen molar-refractivity contribution >= 4 is 39.1 Å². The van der Waals surface area contributed by atoms with E-state index in [0.717, 1.165) is 67.2 Å². The van der Waals surface area contributed by atoms with Gasteiger partial charge in [0.05, 0.1) is 23.7 Å². The summed E-state index contributed by atoms with van der Waals surface area (Å²) < 4.78 is 44.0. The van der Waals surface area contributed by atoms with E-state index >= 15 is 0 Å². The molecule has 0 radical (unpaired) electrons. The number of fused-ring (bicyclic) bond motifs is 2. The molecule has 34 heavy (non-hydrogen) atoms. The number of hydrogen-bond acceptors (Lipinski definition) is 8. The first-order valence-electron chi connectivity index (χ1n) is 11.1. The van der Waals surface area contributed by atoms with Crippen LogP contribution >= 0.6 is 23.1 Å². The molecule has 0 saturated carbocycles. The second kappa shape index (κ2) is 9.16. The molecule has 6 nitrogen and oxygen atoms in total. The molecule has 3 aromatic heterocycles. The highest BCUT2D eigenvalue weighted by molar-refractivity contribution is 8.00. The van der Waals surface area contributed by atoms with Crippen molar-refractivity contribution in [2.75, 3.05) is 44.4 Å². The van der Waals surface area contributed by atoms with Gasteiger partial charge in [-0.3, -0.25) is 4.90 Å². The lowest BCUT2D eigenvalue weighted by Crippen LogP contribution is -2.51. The van der Waals surface area contributed by atoms with Crippen LogP contribution in [0.2, 0.25) is 0 Å². The fourth-order valence-electron chi connectivity index (χ4n) is 5.18. The lowest BCUT2D eigenvalue weighted by Gasteiger charge is -2.43. The minimum Gasteiger partial charge on any atom is -0.481 e. The molecule has 0 spiro atoms. The highest BCUT2D eigenvalue weighted by Crippen LogP contribution is 2.46. The summed E-state index contributed by atoms with van der Waals surface area (Å²) in [7, 11) is 1.61. The molecule has 2 aliphatic heterocycles. The Bertz CT molecular complexity index is 1160. The van der Waals surface area contributed by atoms with Gasteiger partial charge in [0.15, 0.2) is 0 Å². The number of ether oxygens (including phenoxy) is 1. The maximum absolute atomic E-state index is 12.9. The van der Waals surface area contributed by atoms with E-state index in [2.05, 4.69) is 37.1 Å². The van der Waals surface area contributed by atoms with E-state index in [1.165, 1.54) is 6.33 Å². The summed E-state index contributed by atoms with van der Waals surface area (Å²) in [5.41, 5.74) is 1.15. The summed E-state index contributed by atoms with van der Waals surface area (Å²) in [4.78, 5) is 18.7. The number of thioether (sulfide) groups is 1. The van der Waals surface area contributed by atoms with Crippen molar-refractivity contribution < 1.29 is 17.9 Å². The highest BCUT2D eigenvalue weighted by atomic mass is 32.2. The molecular weight excluding hydrogens is 483 g/mol. The van der Waals surface area contributed by atoms with Gasteiger partial charge < -0.3 is 9.64 Å². The molecular formula is C23H26F3N5OS2. The van der Waals surface area contributed by atoms with Crippen LogP contribution in [0.5, 0.6) is 5.88 Å². The predicted octanol–water partition coefficient (Wildman–Crippen LogP) is 4.64. The van der Waals surface area contributed by atoms with Gasteiger partial charge in [0.2, 0.25) is 5.88 Å². The van der Waals surface area contributed by atoms with Crippen molar-refractivity contribution in [2.45, 2.75) is 30.3 Å². The van der Waals surface area contributed by atoms with E-state index in [9.17, 15) is 13.2 Å². The van der Waals surface area contributed by atoms with Crippen LogP contribution in [0.3, 0.4) is 0 Å².